The van der Waals surface area contributed by atoms with Crippen LogP contribution >= 0.6 is 0 Å². The summed E-state index contributed by atoms with van der Waals surface area (Å²) in [5, 5.41) is 3.51. The molecule has 3 rings (SSSR count). The van der Waals surface area contributed by atoms with E-state index in [4.69, 9.17) is 9.47 Å². The monoisotopic (exact) mass is 254 g/mol. The van der Waals surface area contributed by atoms with Crippen molar-refractivity contribution in [3.63, 3.8) is 0 Å². The normalized spacial score (nSPS) is 41.3. The molecule has 0 aromatic rings. The molecule has 104 valence electrons. The van der Waals surface area contributed by atoms with E-state index in [0.29, 0.717) is 6.04 Å². The van der Waals surface area contributed by atoms with Crippen LogP contribution < -0.4 is 5.32 Å². The van der Waals surface area contributed by atoms with Crippen molar-refractivity contribution in [1.82, 2.24) is 10.2 Å². The summed E-state index contributed by atoms with van der Waals surface area (Å²) in [4.78, 5) is 2.70. The minimum absolute atomic E-state index is 0.0316. The number of hydrogen-bond acceptors (Lipinski definition) is 4. The van der Waals surface area contributed by atoms with Crippen LogP contribution in [0.25, 0.3) is 0 Å². The van der Waals surface area contributed by atoms with E-state index in [9.17, 15) is 0 Å². The topological polar surface area (TPSA) is 33.7 Å². The highest BCUT2D eigenvalue weighted by Gasteiger charge is 2.45. The highest BCUT2D eigenvalue weighted by Crippen LogP contribution is 2.36. The summed E-state index contributed by atoms with van der Waals surface area (Å²) < 4.78 is 11.6. The number of nitrogens with zero attached hydrogens (tertiary/aromatic N) is 1. The maximum absolute atomic E-state index is 6.05. The lowest BCUT2D eigenvalue weighted by molar-refractivity contribution is -0.120. The molecule has 0 amide bonds. The van der Waals surface area contributed by atoms with Crippen molar-refractivity contribution in [3.05, 3.63) is 0 Å². The van der Waals surface area contributed by atoms with E-state index in [1.807, 2.05) is 0 Å². The van der Waals surface area contributed by atoms with Gasteiger partial charge in [0, 0.05) is 50.8 Å². The van der Waals surface area contributed by atoms with Gasteiger partial charge in [-0.3, -0.25) is 4.90 Å². The van der Waals surface area contributed by atoms with Crippen LogP contribution in [0.2, 0.25) is 0 Å². The van der Waals surface area contributed by atoms with Crippen molar-refractivity contribution in [2.75, 3.05) is 39.5 Å². The minimum Gasteiger partial charge on any atom is -0.378 e. The molecule has 0 bridgehead atoms. The molecule has 3 saturated heterocycles. The number of ether oxygens (including phenoxy) is 2. The molecule has 1 spiro atoms. The van der Waals surface area contributed by atoms with Gasteiger partial charge in [-0.25, -0.2) is 0 Å². The van der Waals surface area contributed by atoms with E-state index in [1.54, 1.807) is 0 Å². The van der Waals surface area contributed by atoms with E-state index < -0.39 is 0 Å². The largest absolute Gasteiger partial charge is 0.378 e. The second-order valence-electron chi connectivity index (χ2n) is 6.66. The molecule has 3 fully saturated rings. The zero-order chi connectivity index (χ0) is 12.6. The second-order valence-corrected chi connectivity index (χ2v) is 6.66. The third-order valence-corrected chi connectivity index (χ3v) is 4.84. The smallest absolute Gasteiger partial charge is 0.0951 e. The van der Waals surface area contributed by atoms with Crippen molar-refractivity contribution in [1.29, 1.82) is 0 Å². The molecule has 3 heterocycles. The lowest BCUT2D eigenvalue weighted by Gasteiger charge is -2.51. The third kappa shape index (κ3) is 2.31. The van der Waals surface area contributed by atoms with Crippen LogP contribution in [-0.2, 0) is 9.47 Å². The zero-order valence-corrected chi connectivity index (χ0v) is 11.7. The molecule has 3 aliphatic heterocycles. The Morgan fingerprint density at radius 3 is 2.89 bits per heavy atom. The van der Waals surface area contributed by atoms with E-state index in [0.717, 1.165) is 52.3 Å². The van der Waals surface area contributed by atoms with Gasteiger partial charge in [0.1, 0.15) is 0 Å². The molecule has 1 N–H and O–H groups in total. The van der Waals surface area contributed by atoms with Gasteiger partial charge >= 0.3 is 0 Å². The van der Waals surface area contributed by atoms with Gasteiger partial charge in [-0.15, -0.1) is 0 Å². The molecule has 0 aromatic carbocycles. The molecule has 4 nitrogen and oxygen atoms in total. The highest BCUT2D eigenvalue weighted by atomic mass is 16.6. The fraction of sp³-hybridized carbons (Fsp3) is 1.00. The molecular weight excluding hydrogens is 228 g/mol. The predicted molar refractivity (Wildman–Crippen MR) is 70.8 cm³/mol. The quantitative estimate of drug-likeness (QED) is 0.757. The first-order valence-corrected chi connectivity index (χ1v) is 7.31. The Balaban J connectivity index is 1.71. The summed E-state index contributed by atoms with van der Waals surface area (Å²) in [6.07, 6.45) is 3.40. The molecule has 0 saturated carbocycles. The van der Waals surface area contributed by atoms with Gasteiger partial charge in [-0.2, -0.15) is 0 Å². The fourth-order valence-electron chi connectivity index (χ4n) is 3.81. The fourth-order valence-corrected chi connectivity index (χ4v) is 3.81. The molecule has 2 unspecified atom stereocenters. The summed E-state index contributed by atoms with van der Waals surface area (Å²) >= 11 is 0. The Morgan fingerprint density at radius 2 is 2.17 bits per heavy atom. The average Bonchev–Trinajstić information content (AvgIpc) is 2.76. The molecule has 0 aromatic heterocycles. The number of rotatable bonds is 1. The van der Waals surface area contributed by atoms with Gasteiger partial charge in [0.05, 0.1) is 12.2 Å². The van der Waals surface area contributed by atoms with Crippen LogP contribution in [0.3, 0.4) is 0 Å². The number of piperazine rings is 1. The Labute approximate surface area is 110 Å². The van der Waals surface area contributed by atoms with Gasteiger partial charge < -0.3 is 14.8 Å². The van der Waals surface area contributed by atoms with Crippen molar-refractivity contribution >= 4 is 0 Å². The standard InChI is InChI=1S/C14H26N2O2/c1-13(2)10-15-5-6-16(13)12-3-7-18-14(9-12)4-8-17-11-14/h12,15H,3-11H2,1-2H3. The second kappa shape index (κ2) is 4.75. The Hall–Kier alpha value is -0.160. The van der Waals surface area contributed by atoms with E-state index in [2.05, 4.69) is 24.1 Å². The molecule has 3 aliphatic rings. The van der Waals surface area contributed by atoms with E-state index in [1.165, 1.54) is 6.42 Å². The van der Waals surface area contributed by atoms with Gasteiger partial charge in [0.25, 0.3) is 0 Å². The number of nitrogens with one attached hydrogen (secondary N) is 1. The average molecular weight is 254 g/mol. The van der Waals surface area contributed by atoms with Crippen molar-refractivity contribution in [2.24, 2.45) is 0 Å². The summed E-state index contributed by atoms with van der Waals surface area (Å²) in [6, 6.07) is 0.664. The van der Waals surface area contributed by atoms with E-state index in [-0.39, 0.29) is 11.1 Å². The highest BCUT2D eigenvalue weighted by molar-refractivity contribution is 4.98. The Bertz CT molecular complexity index is 300. The molecular formula is C14H26N2O2. The maximum Gasteiger partial charge on any atom is 0.0951 e. The lowest BCUT2D eigenvalue weighted by atomic mass is 9.86. The molecule has 0 aliphatic carbocycles. The van der Waals surface area contributed by atoms with E-state index >= 15 is 0 Å². The first-order chi connectivity index (χ1) is 8.61. The van der Waals surface area contributed by atoms with Crippen LogP contribution in [0, 0.1) is 0 Å². The van der Waals surface area contributed by atoms with Gasteiger partial charge in [-0.1, -0.05) is 0 Å². The number of hydrogen-bond donors (Lipinski definition) is 1. The first kappa shape index (κ1) is 12.9. The third-order valence-electron chi connectivity index (χ3n) is 4.84. The Morgan fingerprint density at radius 1 is 1.28 bits per heavy atom. The minimum atomic E-state index is 0.0316. The van der Waals surface area contributed by atoms with Crippen LogP contribution in [0.4, 0.5) is 0 Å². The summed E-state index contributed by atoms with van der Waals surface area (Å²) in [6.45, 7) is 10.6. The van der Waals surface area contributed by atoms with Crippen LogP contribution in [0.1, 0.15) is 33.1 Å². The molecule has 0 radical (unpaired) electrons. The zero-order valence-electron chi connectivity index (χ0n) is 11.7. The summed E-state index contributed by atoms with van der Waals surface area (Å²) in [5.41, 5.74) is 0.296. The summed E-state index contributed by atoms with van der Waals surface area (Å²) in [5.74, 6) is 0. The summed E-state index contributed by atoms with van der Waals surface area (Å²) in [7, 11) is 0. The van der Waals surface area contributed by atoms with Crippen LogP contribution in [0.15, 0.2) is 0 Å². The van der Waals surface area contributed by atoms with Crippen LogP contribution in [0.5, 0.6) is 0 Å². The Kier molecular flexibility index (Phi) is 3.39. The predicted octanol–water partition coefficient (Wildman–Crippen LogP) is 1.01. The SMILES string of the molecule is CC1(C)CNCCN1C1CCOC2(CCOC2)C1. The van der Waals surface area contributed by atoms with Gasteiger partial charge in [0.15, 0.2) is 0 Å². The molecule has 4 heteroatoms. The first-order valence-electron chi connectivity index (χ1n) is 7.31. The van der Waals surface area contributed by atoms with Crippen LogP contribution in [-0.4, -0.2) is 61.5 Å². The van der Waals surface area contributed by atoms with Crippen molar-refractivity contribution in [3.8, 4) is 0 Å². The maximum atomic E-state index is 6.05. The van der Waals surface area contributed by atoms with Crippen molar-refractivity contribution < 1.29 is 9.47 Å². The van der Waals surface area contributed by atoms with Crippen molar-refractivity contribution in [2.45, 2.75) is 50.3 Å². The van der Waals surface area contributed by atoms with Gasteiger partial charge in [-0.05, 0) is 26.7 Å². The molecule has 2 atom stereocenters. The molecule has 18 heavy (non-hydrogen) atoms. The lowest BCUT2D eigenvalue weighted by Crippen LogP contribution is -2.63. The van der Waals surface area contributed by atoms with Gasteiger partial charge in [0.2, 0.25) is 0 Å².